The Labute approximate surface area is 156 Å². The Morgan fingerprint density at radius 3 is 3.08 bits per heavy atom. The number of hydrogen-bond donors (Lipinski definition) is 1. The van der Waals surface area contributed by atoms with Crippen LogP contribution in [0.5, 0.6) is 5.75 Å². The third kappa shape index (κ3) is 3.08. The maximum absolute atomic E-state index is 12.1. The van der Waals surface area contributed by atoms with Gasteiger partial charge in [0, 0.05) is 0 Å². The van der Waals surface area contributed by atoms with Gasteiger partial charge in [0.1, 0.15) is 22.0 Å². The minimum absolute atomic E-state index is 0.124. The lowest BCUT2D eigenvalue weighted by atomic mass is 10.2. The second-order valence-electron chi connectivity index (χ2n) is 5.48. The van der Waals surface area contributed by atoms with Gasteiger partial charge >= 0.3 is 0 Å². The van der Waals surface area contributed by atoms with E-state index >= 15 is 0 Å². The number of H-pyrrole nitrogens is 1. The molecular formula is C16H14N6O2S2. The number of methoxy groups -OCH3 is 1. The lowest BCUT2D eigenvalue weighted by Crippen LogP contribution is -2.09. The topological polar surface area (TPSA) is 98.6 Å². The van der Waals surface area contributed by atoms with Gasteiger partial charge in [-0.25, -0.2) is 4.98 Å². The zero-order valence-corrected chi connectivity index (χ0v) is 15.6. The monoisotopic (exact) mass is 386 g/mol. The normalized spacial score (nSPS) is 11.2. The molecule has 1 aromatic carbocycles. The maximum Gasteiger partial charge on any atom is 0.268 e. The third-order valence-electron chi connectivity index (χ3n) is 3.71. The molecule has 4 aromatic rings. The van der Waals surface area contributed by atoms with Crippen LogP contribution in [0.1, 0.15) is 11.4 Å². The van der Waals surface area contributed by atoms with Gasteiger partial charge in [0.2, 0.25) is 5.16 Å². The van der Waals surface area contributed by atoms with Crippen molar-refractivity contribution in [1.82, 2.24) is 30.2 Å². The first kappa shape index (κ1) is 16.7. The fraction of sp³-hybridized carbons (Fsp3) is 0.188. The summed E-state index contributed by atoms with van der Waals surface area (Å²) in [5.41, 5.74) is 2.41. The van der Waals surface area contributed by atoms with Crippen LogP contribution in [0.2, 0.25) is 0 Å². The van der Waals surface area contributed by atoms with E-state index in [0.717, 1.165) is 11.3 Å². The van der Waals surface area contributed by atoms with Gasteiger partial charge in [-0.15, -0.1) is 16.4 Å². The van der Waals surface area contributed by atoms with Gasteiger partial charge in [-0.05, 0) is 46.5 Å². The summed E-state index contributed by atoms with van der Waals surface area (Å²) in [4.78, 5) is 19.4. The van der Waals surface area contributed by atoms with Crippen LogP contribution in [-0.2, 0) is 5.75 Å². The van der Waals surface area contributed by atoms with Crippen molar-refractivity contribution in [3.05, 3.63) is 51.4 Å². The van der Waals surface area contributed by atoms with Crippen LogP contribution in [-0.4, -0.2) is 37.3 Å². The van der Waals surface area contributed by atoms with Crippen LogP contribution in [0.3, 0.4) is 0 Å². The Morgan fingerprint density at radius 2 is 2.23 bits per heavy atom. The second kappa shape index (κ2) is 6.89. The maximum atomic E-state index is 12.1. The molecule has 0 unspecified atom stereocenters. The summed E-state index contributed by atoms with van der Waals surface area (Å²) in [6, 6.07) is 7.64. The van der Waals surface area contributed by atoms with Crippen molar-refractivity contribution in [2.24, 2.45) is 0 Å². The number of thiophene rings is 1. The highest BCUT2D eigenvalue weighted by atomic mass is 32.2. The van der Waals surface area contributed by atoms with Crippen LogP contribution >= 0.6 is 23.1 Å². The number of rotatable bonds is 5. The van der Waals surface area contributed by atoms with Crippen molar-refractivity contribution in [2.75, 3.05) is 7.11 Å². The Bertz CT molecular complexity index is 1130. The van der Waals surface area contributed by atoms with Crippen molar-refractivity contribution >= 4 is 33.3 Å². The molecule has 0 aliphatic heterocycles. The fourth-order valence-electron chi connectivity index (χ4n) is 2.51. The van der Waals surface area contributed by atoms with Gasteiger partial charge < -0.3 is 9.72 Å². The molecule has 1 N–H and O–H groups in total. The zero-order chi connectivity index (χ0) is 18.1. The van der Waals surface area contributed by atoms with Crippen LogP contribution < -0.4 is 10.3 Å². The average molecular weight is 386 g/mol. The van der Waals surface area contributed by atoms with Crippen molar-refractivity contribution in [3.63, 3.8) is 0 Å². The summed E-state index contributed by atoms with van der Waals surface area (Å²) in [7, 11) is 1.61. The van der Waals surface area contributed by atoms with Crippen molar-refractivity contribution in [1.29, 1.82) is 0 Å². The number of thioether (sulfide) groups is 1. The predicted octanol–water partition coefficient (Wildman–Crippen LogP) is 2.57. The number of benzene rings is 1. The number of aryl methyl sites for hydroxylation is 1. The zero-order valence-electron chi connectivity index (χ0n) is 14.0. The summed E-state index contributed by atoms with van der Waals surface area (Å²) in [5.74, 6) is 1.70. The van der Waals surface area contributed by atoms with E-state index in [9.17, 15) is 4.79 Å². The Hall–Kier alpha value is -2.72. The quantitative estimate of drug-likeness (QED) is 0.526. The molecule has 0 amide bonds. The highest BCUT2D eigenvalue weighted by Gasteiger charge is 2.15. The molecule has 0 spiro atoms. The molecule has 0 atom stereocenters. The molecule has 0 radical (unpaired) electrons. The van der Waals surface area contributed by atoms with Crippen molar-refractivity contribution < 1.29 is 4.74 Å². The lowest BCUT2D eigenvalue weighted by Gasteiger charge is -2.10. The average Bonchev–Trinajstić information content (AvgIpc) is 3.29. The first-order chi connectivity index (χ1) is 12.7. The summed E-state index contributed by atoms with van der Waals surface area (Å²) >= 11 is 2.77. The van der Waals surface area contributed by atoms with Crippen LogP contribution in [0, 0.1) is 6.92 Å². The summed E-state index contributed by atoms with van der Waals surface area (Å²) < 4.78 is 7.67. The second-order valence-corrected chi connectivity index (χ2v) is 7.34. The first-order valence-electron chi connectivity index (χ1n) is 7.68. The van der Waals surface area contributed by atoms with Gasteiger partial charge in [-0.1, -0.05) is 17.8 Å². The Balaban J connectivity index is 1.63. The first-order valence-corrected chi connectivity index (χ1v) is 9.55. The SMILES string of the molecule is COc1ccc(C)cc1-n1nnnc1SCc1nc2ccsc2c(=O)[nH]1. The van der Waals surface area contributed by atoms with E-state index in [1.54, 1.807) is 11.8 Å². The van der Waals surface area contributed by atoms with Crippen LogP contribution in [0.15, 0.2) is 39.6 Å². The molecule has 0 fully saturated rings. The standard InChI is InChI=1S/C16H14N6O2S2/c1-9-3-4-12(24-2)11(7-9)22-16(19-20-21-22)26-8-13-17-10-5-6-25-14(10)15(23)18-13/h3-7H,8H2,1-2H3,(H,17,18,23). The molecule has 0 bridgehead atoms. The summed E-state index contributed by atoms with van der Waals surface area (Å²) in [6.07, 6.45) is 0. The predicted molar refractivity (Wildman–Crippen MR) is 100 cm³/mol. The molecule has 3 aromatic heterocycles. The van der Waals surface area contributed by atoms with E-state index in [1.807, 2.05) is 36.6 Å². The largest absolute Gasteiger partial charge is 0.494 e. The van der Waals surface area contributed by atoms with Crippen molar-refractivity contribution in [2.45, 2.75) is 17.8 Å². The molecule has 132 valence electrons. The number of fused-ring (bicyclic) bond motifs is 1. The van der Waals surface area contributed by atoms with E-state index < -0.39 is 0 Å². The number of tetrazole rings is 1. The van der Waals surface area contributed by atoms with Gasteiger partial charge in [0.15, 0.2) is 0 Å². The molecule has 0 saturated heterocycles. The van der Waals surface area contributed by atoms with E-state index in [-0.39, 0.29) is 5.56 Å². The molecule has 0 saturated carbocycles. The molecule has 0 aliphatic rings. The summed E-state index contributed by atoms with van der Waals surface area (Å²) in [6.45, 7) is 1.99. The third-order valence-corrected chi connectivity index (χ3v) is 5.54. The fourth-order valence-corrected chi connectivity index (χ4v) is 3.99. The molecule has 4 rings (SSSR count). The number of ether oxygens (including phenoxy) is 1. The number of aromatic amines is 1. The van der Waals surface area contributed by atoms with Gasteiger partial charge in [0.25, 0.3) is 5.56 Å². The minimum Gasteiger partial charge on any atom is -0.494 e. The van der Waals surface area contributed by atoms with E-state index in [4.69, 9.17) is 4.74 Å². The molecular weight excluding hydrogens is 372 g/mol. The minimum atomic E-state index is -0.124. The molecule has 26 heavy (non-hydrogen) atoms. The molecule has 10 heteroatoms. The highest BCUT2D eigenvalue weighted by Crippen LogP contribution is 2.28. The van der Waals surface area contributed by atoms with Crippen molar-refractivity contribution in [3.8, 4) is 11.4 Å². The summed E-state index contributed by atoms with van der Waals surface area (Å²) in [5, 5.41) is 14.4. The lowest BCUT2D eigenvalue weighted by molar-refractivity contribution is 0.410. The molecule has 8 nitrogen and oxygen atoms in total. The number of hydrogen-bond acceptors (Lipinski definition) is 8. The highest BCUT2D eigenvalue weighted by molar-refractivity contribution is 7.98. The van der Waals surface area contributed by atoms with Crippen LogP contribution in [0.4, 0.5) is 0 Å². The van der Waals surface area contributed by atoms with E-state index in [2.05, 4.69) is 25.5 Å². The van der Waals surface area contributed by atoms with E-state index in [1.165, 1.54) is 23.1 Å². The molecule has 3 heterocycles. The van der Waals surface area contributed by atoms with Gasteiger partial charge in [-0.3, -0.25) is 4.79 Å². The smallest absolute Gasteiger partial charge is 0.268 e. The number of nitrogens with one attached hydrogen (secondary N) is 1. The van der Waals surface area contributed by atoms with Gasteiger partial charge in [-0.2, -0.15) is 4.68 Å². The molecule has 0 aliphatic carbocycles. The Morgan fingerprint density at radius 1 is 1.35 bits per heavy atom. The number of nitrogens with zero attached hydrogens (tertiary/aromatic N) is 5. The van der Waals surface area contributed by atoms with E-state index in [0.29, 0.717) is 32.7 Å². The Kier molecular flexibility index (Phi) is 4.43. The van der Waals surface area contributed by atoms with Gasteiger partial charge in [0.05, 0.1) is 18.4 Å². The number of aromatic nitrogens is 6. The van der Waals surface area contributed by atoms with Crippen LogP contribution in [0.25, 0.3) is 15.9 Å².